The number of nitrogens with zero attached hydrogens (tertiary/aromatic N) is 2. The Morgan fingerprint density at radius 2 is 2.05 bits per heavy atom. The number of carboxylic acids is 1. The highest BCUT2D eigenvalue weighted by Crippen LogP contribution is 2.28. The Kier molecular flexibility index (Phi) is 3.46. The van der Waals surface area contributed by atoms with Crippen LogP contribution in [-0.2, 0) is 4.79 Å². The summed E-state index contributed by atoms with van der Waals surface area (Å²) >= 11 is 0. The normalized spacial score (nSPS) is 19.1. The summed E-state index contributed by atoms with van der Waals surface area (Å²) < 4.78 is 0. The Labute approximate surface area is 112 Å². The van der Waals surface area contributed by atoms with Crippen molar-refractivity contribution in [3.63, 3.8) is 0 Å². The van der Waals surface area contributed by atoms with Gasteiger partial charge in [-0.3, -0.25) is 4.79 Å². The Morgan fingerprint density at radius 1 is 1.37 bits per heavy atom. The fourth-order valence-corrected chi connectivity index (χ4v) is 2.36. The molecule has 5 nitrogen and oxygen atoms in total. The van der Waals surface area contributed by atoms with Gasteiger partial charge in [-0.15, -0.1) is 0 Å². The molecule has 102 valence electrons. The molecule has 0 radical (unpaired) electrons. The first-order valence-electron chi connectivity index (χ1n) is 6.21. The van der Waals surface area contributed by atoms with Gasteiger partial charge in [-0.1, -0.05) is 18.2 Å². The molecule has 1 aromatic rings. The first-order chi connectivity index (χ1) is 8.90. The third-order valence-corrected chi connectivity index (χ3v) is 3.67. The topological polar surface area (TPSA) is 60.9 Å². The van der Waals surface area contributed by atoms with Crippen molar-refractivity contribution in [2.24, 2.45) is 0 Å². The van der Waals surface area contributed by atoms with E-state index >= 15 is 0 Å². The minimum atomic E-state index is -0.984. The van der Waals surface area contributed by atoms with Crippen LogP contribution in [0.25, 0.3) is 0 Å². The molecule has 0 aromatic heterocycles. The Hall–Kier alpha value is -2.04. The SMILES string of the molecule is Cc1ccc(C2CN(CC(=O)O)C(=O)N2C)cc1C. The molecule has 1 unspecified atom stereocenters. The number of aryl methyl sites for hydroxylation is 2. The van der Waals surface area contributed by atoms with E-state index in [0.717, 1.165) is 5.56 Å². The van der Waals surface area contributed by atoms with Gasteiger partial charge in [0.1, 0.15) is 6.54 Å². The lowest BCUT2D eigenvalue weighted by atomic mass is 10.0. The van der Waals surface area contributed by atoms with Gasteiger partial charge in [0.2, 0.25) is 0 Å². The van der Waals surface area contributed by atoms with Crippen LogP contribution in [0.3, 0.4) is 0 Å². The minimum absolute atomic E-state index is 0.0776. The predicted octanol–water partition coefficient (Wildman–Crippen LogP) is 1.80. The molecular formula is C14H18N2O3. The average Bonchev–Trinajstić information content (AvgIpc) is 2.60. The number of hydrogen-bond donors (Lipinski definition) is 1. The standard InChI is InChI=1S/C14H18N2O3/c1-9-4-5-11(6-10(9)2)12-7-16(8-13(17)18)14(19)15(12)3/h4-6,12H,7-8H2,1-3H3,(H,17,18). The highest BCUT2D eigenvalue weighted by atomic mass is 16.4. The molecule has 1 aliphatic rings. The minimum Gasteiger partial charge on any atom is -0.480 e. The number of hydrogen-bond acceptors (Lipinski definition) is 2. The van der Waals surface area contributed by atoms with E-state index in [9.17, 15) is 9.59 Å². The second-order valence-corrected chi connectivity index (χ2v) is 5.03. The molecule has 2 rings (SSSR count). The molecule has 2 amide bonds. The predicted molar refractivity (Wildman–Crippen MR) is 71.0 cm³/mol. The van der Waals surface area contributed by atoms with E-state index in [1.54, 1.807) is 11.9 Å². The quantitative estimate of drug-likeness (QED) is 0.903. The molecular weight excluding hydrogens is 244 g/mol. The maximum absolute atomic E-state index is 12.0. The lowest BCUT2D eigenvalue weighted by molar-refractivity contribution is -0.137. The third-order valence-electron chi connectivity index (χ3n) is 3.67. The second kappa shape index (κ2) is 4.91. The molecule has 1 atom stereocenters. The highest BCUT2D eigenvalue weighted by molar-refractivity contribution is 5.82. The van der Waals surface area contributed by atoms with Gasteiger partial charge in [0.05, 0.1) is 6.04 Å². The fourth-order valence-electron chi connectivity index (χ4n) is 2.36. The average molecular weight is 262 g/mol. The summed E-state index contributed by atoms with van der Waals surface area (Å²) in [5.41, 5.74) is 3.43. The molecule has 0 saturated carbocycles. The number of benzene rings is 1. The summed E-state index contributed by atoms with van der Waals surface area (Å²) in [7, 11) is 1.71. The number of carboxylic acid groups (broad SMARTS) is 1. The van der Waals surface area contributed by atoms with Crippen LogP contribution in [0.15, 0.2) is 18.2 Å². The van der Waals surface area contributed by atoms with Gasteiger partial charge in [0, 0.05) is 13.6 Å². The van der Waals surface area contributed by atoms with Crippen LogP contribution in [0.1, 0.15) is 22.7 Å². The molecule has 1 heterocycles. The van der Waals surface area contributed by atoms with E-state index in [2.05, 4.69) is 6.07 Å². The van der Waals surface area contributed by atoms with Gasteiger partial charge >= 0.3 is 12.0 Å². The van der Waals surface area contributed by atoms with Crippen LogP contribution in [0.2, 0.25) is 0 Å². The van der Waals surface area contributed by atoms with Gasteiger partial charge < -0.3 is 14.9 Å². The number of likely N-dealkylation sites (N-methyl/N-ethyl adjacent to an activating group) is 1. The summed E-state index contributed by atoms with van der Waals surface area (Å²) in [6.07, 6.45) is 0. The van der Waals surface area contributed by atoms with Crippen molar-refractivity contribution in [2.45, 2.75) is 19.9 Å². The number of urea groups is 1. The fraction of sp³-hybridized carbons (Fsp3) is 0.429. The van der Waals surface area contributed by atoms with Crippen molar-refractivity contribution in [3.8, 4) is 0 Å². The van der Waals surface area contributed by atoms with E-state index in [-0.39, 0.29) is 18.6 Å². The zero-order chi connectivity index (χ0) is 14.2. The summed E-state index contributed by atoms with van der Waals surface area (Å²) in [5.74, 6) is -0.984. The van der Waals surface area contributed by atoms with Crippen LogP contribution in [0.5, 0.6) is 0 Å². The maximum atomic E-state index is 12.0. The molecule has 1 N–H and O–H groups in total. The van der Waals surface area contributed by atoms with Gasteiger partial charge in [0.15, 0.2) is 0 Å². The number of rotatable bonds is 3. The van der Waals surface area contributed by atoms with Crippen molar-refractivity contribution in [1.82, 2.24) is 9.80 Å². The van der Waals surface area contributed by atoms with Gasteiger partial charge in [-0.05, 0) is 30.5 Å². The molecule has 0 spiro atoms. The van der Waals surface area contributed by atoms with Crippen LogP contribution >= 0.6 is 0 Å². The maximum Gasteiger partial charge on any atom is 0.323 e. The third kappa shape index (κ3) is 2.54. The number of aliphatic carboxylic acids is 1. The van der Waals surface area contributed by atoms with Crippen molar-refractivity contribution < 1.29 is 14.7 Å². The Balaban J connectivity index is 2.23. The summed E-state index contributed by atoms with van der Waals surface area (Å²) in [6, 6.07) is 5.79. The van der Waals surface area contributed by atoms with E-state index in [0.29, 0.717) is 6.54 Å². The van der Waals surface area contributed by atoms with Crippen LogP contribution in [-0.4, -0.2) is 47.0 Å². The van der Waals surface area contributed by atoms with Crippen LogP contribution < -0.4 is 0 Å². The van der Waals surface area contributed by atoms with Crippen molar-refractivity contribution in [3.05, 3.63) is 34.9 Å². The number of carbonyl (C=O) groups excluding carboxylic acids is 1. The van der Waals surface area contributed by atoms with Gasteiger partial charge in [-0.2, -0.15) is 0 Å². The monoisotopic (exact) mass is 262 g/mol. The molecule has 1 aromatic carbocycles. The van der Waals surface area contributed by atoms with E-state index in [4.69, 9.17) is 5.11 Å². The first-order valence-corrected chi connectivity index (χ1v) is 6.21. The smallest absolute Gasteiger partial charge is 0.323 e. The zero-order valence-corrected chi connectivity index (χ0v) is 11.4. The van der Waals surface area contributed by atoms with Crippen molar-refractivity contribution >= 4 is 12.0 Å². The van der Waals surface area contributed by atoms with Crippen molar-refractivity contribution in [2.75, 3.05) is 20.1 Å². The van der Waals surface area contributed by atoms with E-state index < -0.39 is 5.97 Å². The Bertz CT molecular complexity index is 527. The Morgan fingerprint density at radius 3 is 2.63 bits per heavy atom. The molecule has 1 aliphatic heterocycles. The lowest BCUT2D eigenvalue weighted by Crippen LogP contribution is -2.33. The number of carbonyl (C=O) groups is 2. The summed E-state index contributed by atoms with van der Waals surface area (Å²) in [6.45, 7) is 4.25. The molecule has 5 heteroatoms. The summed E-state index contributed by atoms with van der Waals surface area (Å²) in [5, 5.41) is 8.80. The molecule has 1 saturated heterocycles. The van der Waals surface area contributed by atoms with Gasteiger partial charge in [-0.25, -0.2) is 4.79 Å². The van der Waals surface area contributed by atoms with Crippen LogP contribution in [0, 0.1) is 13.8 Å². The van der Waals surface area contributed by atoms with Crippen molar-refractivity contribution in [1.29, 1.82) is 0 Å². The zero-order valence-electron chi connectivity index (χ0n) is 11.4. The molecule has 0 aliphatic carbocycles. The second-order valence-electron chi connectivity index (χ2n) is 5.03. The first kappa shape index (κ1) is 13.4. The molecule has 19 heavy (non-hydrogen) atoms. The van der Waals surface area contributed by atoms with E-state index in [1.807, 2.05) is 26.0 Å². The molecule has 1 fully saturated rings. The number of amides is 2. The van der Waals surface area contributed by atoms with Crippen LogP contribution in [0.4, 0.5) is 4.79 Å². The molecule has 0 bridgehead atoms. The highest BCUT2D eigenvalue weighted by Gasteiger charge is 2.36. The van der Waals surface area contributed by atoms with E-state index in [1.165, 1.54) is 16.0 Å². The lowest BCUT2D eigenvalue weighted by Gasteiger charge is -2.19. The summed E-state index contributed by atoms with van der Waals surface area (Å²) in [4.78, 5) is 25.7. The van der Waals surface area contributed by atoms with Gasteiger partial charge in [0.25, 0.3) is 0 Å². The largest absolute Gasteiger partial charge is 0.480 e.